The van der Waals surface area contributed by atoms with Crippen molar-refractivity contribution in [3.8, 4) is 0 Å². The van der Waals surface area contributed by atoms with Crippen molar-refractivity contribution in [3.63, 3.8) is 0 Å². The van der Waals surface area contributed by atoms with Gasteiger partial charge in [-0.3, -0.25) is 15.0 Å². The van der Waals surface area contributed by atoms with E-state index in [2.05, 4.69) is 48.3 Å². The summed E-state index contributed by atoms with van der Waals surface area (Å²) in [5.41, 5.74) is 7.46. The minimum atomic E-state index is -0.794. The largest absolute Gasteiger partial charge is 0.351 e. The number of nitrogens with one attached hydrogen (secondary N) is 1. The summed E-state index contributed by atoms with van der Waals surface area (Å²) < 4.78 is 0. The Kier molecular flexibility index (Phi) is 4.96. The highest BCUT2D eigenvalue weighted by molar-refractivity contribution is 5.94. The number of hydrogen-bond donors (Lipinski definition) is 2. The quantitative estimate of drug-likeness (QED) is 0.840. The predicted molar refractivity (Wildman–Crippen MR) is 81.7 cm³/mol. The number of carbonyl (C=O) groups is 2. The first-order valence-electron chi connectivity index (χ1n) is 7.38. The number of urea groups is 1. The van der Waals surface area contributed by atoms with Gasteiger partial charge in [-0.1, -0.05) is 38.1 Å². The van der Waals surface area contributed by atoms with Crippen molar-refractivity contribution in [2.24, 2.45) is 5.73 Å². The third-order valence-corrected chi connectivity index (χ3v) is 3.70. The van der Waals surface area contributed by atoms with Crippen LogP contribution in [0.5, 0.6) is 0 Å². The molecule has 0 bridgehead atoms. The van der Waals surface area contributed by atoms with Crippen LogP contribution in [0.25, 0.3) is 0 Å². The molecule has 5 heteroatoms. The molecule has 114 valence electrons. The molecule has 2 rings (SSSR count). The summed E-state index contributed by atoms with van der Waals surface area (Å²) in [7, 11) is 0. The van der Waals surface area contributed by atoms with E-state index in [1.165, 1.54) is 11.1 Å². The second kappa shape index (κ2) is 6.72. The molecular weight excluding hydrogens is 266 g/mol. The van der Waals surface area contributed by atoms with Gasteiger partial charge >= 0.3 is 6.03 Å². The molecule has 1 aliphatic carbocycles. The van der Waals surface area contributed by atoms with Crippen molar-refractivity contribution in [3.05, 3.63) is 35.4 Å². The lowest BCUT2D eigenvalue weighted by molar-refractivity contribution is -0.121. The van der Waals surface area contributed by atoms with E-state index in [1.807, 2.05) is 0 Å². The number of benzene rings is 1. The van der Waals surface area contributed by atoms with Gasteiger partial charge in [0, 0.05) is 12.6 Å². The van der Waals surface area contributed by atoms with E-state index in [0.717, 1.165) is 19.4 Å². The molecule has 0 aliphatic heterocycles. The van der Waals surface area contributed by atoms with Crippen LogP contribution in [-0.4, -0.2) is 29.4 Å². The SMILES string of the molecule is CC(C)c1ccc(CN(CC(=O)NC(N)=O)C2CC2)cc1. The second-order valence-electron chi connectivity index (χ2n) is 5.94. The minimum Gasteiger partial charge on any atom is -0.351 e. The van der Waals surface area contributed by atoms with E-state index in [9.17, 15) is 9.59 Å². The Labute approximate surface area is 125 Å². The van der Waals surface area contributed by atoms with E-state index in [4.69, 9.17) is 5.73 Å². The van der Waals surface area contributed by atoms with Crippen LogP contribution < -0.4 is 11.1 Å². The van der Waals surface area contributed by atoms with E-state index < -0.39 is 6.03 Å². The van der Waals surface area contributed by atoms with Gasteiger partial charge in [-0.15, -0.1) is 0 Å². The number of imide groups is 1. The molecule has 1 aliphatic rings. The van der Waals surface area contributed by atoms with Gasteiger partial charge in [-0.05, 0) is 29.9 Å². The molecule has 0 aromatic heterocycles. The van der Waals surface area contributed by atoms with Gasteiger partial charge in [0.25, 0.3) is 0 Å². The fourth-order valence-corrected chi connectivity index (χ4v) is 2.36. The number of amides is 3. The zero-order valence-corrected chi connectivity index (χ0v) is 12.6. The lowest BCUT2D eigenvalue weighted by atomic mass is 10.0. The molecule has 3 amide bonds. The van der Waals surface area contributed by atoms with Crippen molar-refractivity contribution in [1.29, 1.82) is 0 Å². The third-order valence-electron chi connectivity index (χ3n) is 3.70. The smallest absolute Gasteiger partial charge is 0.318 e. The van der Waals surface area contributed by atoms with Crippen molar-refractivity contribution < 1.29 is 9.59 Å². The summed E-state index contributed by atoms with van der Waals surface area (Å²) in [5.74, 6) is 0.174. The van der Waals surface area contributed by atoms with Crippen LogP contribution in [0.1, 0.15) is 43.7 Å². The summed E-state index contributed by atoms with van der Waals surface area (Å²) in [5, 5.41) is 2.12. The van der Waals surface area contributed by atoms with E-state index in [0.29, 0.717) is 12.0 Å². The molecule has 0 atom stereocenters. The van der Waals surface area contributed by atoms with Crippen LogP contribution in [0, 0.1) is 0 Å². The number of nitrogens with two attached hydrogens (primary N) is 1. The third kappa shape index (κ3) is 4.86. The lowest BCUT2D eigenvalue weighted by Gasteiger charge is -2.21. The Bertz CT molecular complexity index is 507. The molecule has 0 radical (unpaired) electrons. The Morgan fingerprint density at radius 1 is 1.29 bits per heavy atom. The highest BCUT2D eigenvalue weighted by Crippen LogP contribution is 2.28. The zero-order valence-electron chi connectivity index (χ0n) is 12.6. The average molecular weight is 289 g/mol. The number of carbonyl (C=O) groups excluding carboxylic acids is 2. The maximum atomic E-state index is 11.7. The van der Waals surface area contributed by atoms with E-state index in [-0.39, 0.29) is 12.5 Å². The fraction of sp³-hybridized carbons (Fsp3) is 0.500. The van der Waals surface area contributed by atoms with Gasteiger partial charge in [-0.2, -0.15) is 0 Å². The first-order valence-corrected chi connectivity index (χ1v) is 7.38. The van der Waals surface area contributed by atoms with E-state index >= 15 is 0 Å². The van der Waals surface area contributed by atoms with Crippen LogP contribution in [0.4, 0.5) is 4.79 Å². The molecule has 21 heavy (non-hydrogen) atoms. The van der Waals surface area contributed by atoms with Gasteiger partial charge in [0.05, 0.1) is 6.54 Å². The minimum absolute atomic E-state index is 0.208. The molecule has 0 unspecified atom stereocenters. The molecule has 3 N–H and O–H groups in total. The number of primary amides is 1. The molecule has 0 heterocycles. The van der Waals surface area contributed by atoms with Crippen molar-refractivity contribution >= 4 is 11.9 Å². The molecule has 1 aromatic carbocycles. The van der Waals surface area contributed by atoms with Gasteiger partial charge in [-0.25, -0.2) is 4.79 Å². The van der Waals surface area contributed by atoms with Gasteiger partial charge in [0.15, 0.2) is 0 Å². The Hall–Kier alpha value is -1.88. The number of hydrogen-bond acceptors (Lipinski definition) is 3. The summed E-state index contributed by atoms with van der Waals surface area (Å²) in [6, 6.07) is 8.13. The van der Waals surface area contributed by atoms with Crippen molar-refractivity contribution in [2.45, 2.75) is 45.2 Å². The highest BCUT2D eigenvalue weighted by Gasteiger charge is 2.30. The van der Waals surface area contributed by atoms with Crippen molar-refractivity contribution in [2.75, 3.05) is 6.54 Å². The van der Waals surface area contributed by atoms with Crippen LogP contribution in [-0.2, 0) is 11.3 Å². The highest BCUT2D eigenvalue weighted by atomic mass is 16.2. The van der Waals surface area contributed by atoms with Crippen molar-refractivity contribution in [1.82, 2.24) is 10.2 Å². The summed E-state index contributed by atoms with van der Waals surface area (Å²) in [6.45, 7) is 5.26. The predicted octanol–water partition coefficient (Wildman–Crippen LogP) is 1.97. The lowest BCUT2D eigenvalue weighted by Crippen LogP contribution is -2.42. The summed E-state index contributed by atoms with van der Waals surface area (Å²) >= 11 is 0. The normalized spacial score (nSPS) is 14.5. The van der Waals surface area contributed by atoms with Gasteiger partial charge < -0.3 is 5.73 Å². The molecular formula is C16H23N3O2. The summed E-state index contributed by atoms with van der Waals surface area (Å²) in [6.07, 6.45) is 2.21. The number of rotatable bonds is 6. The maximum Gasteiger partial charge on any atom is 0.318 e. The molecule has 0 saturated heterocycles. The molecule has 5 nitrogen and oxygen atoms in total. The monoisotopic (exact) mass is 289 g/mol. The Balaban J connectivity index is 1.96. The van der Waals surface area contributed by atoms with Gasteiger partial charge in [0.1, 0.15) is 0 Å². The van der Waals surface area contributed by atoms with Crippen LogP contribution in [0.2, 0.25) is 0 Å². The first-order chi connectivity index (χ1) is 9.95. The summed E-state index contributed by atoms with van der Waals surface area (Å²) in [4.78, 5) is 24.5. The molecule has 1 saturated carbocycles. The Morgan fingerprint density at radius 3 is 2.38 bits per heavy atom. The average Bonchev–Trinajstić information content (AvgIpc) is 3.21. The molecule has 0 spiro atoms. The van der Waals surface area contributed by atoms with E-state index in [1.54, 1.807) is 0 Å². The zero-order chi connectivity index (χ0) is 15.4. The molecule has 1 fully saturated rings. The Morgan fingerprint density at radius 2 is 1.90 bits per heavy atom. The van der Waals surface area contributed by atoms with Gasteiger partial charge in [0.2, 0.25) is 5.91 Å². The van der Waals surface area contributed by atoms with Crippen LogP contribution in [0.15, 0.2) is 24.3 Å². The van der Waals surface area contributed by atoms with Crippen LogP contribution in [0.3, 0.4) is 0 Å². The second-order valence-corrected chi connectivity index (χ2v) is 5.94. The first kappa shape index (κ1) is 15.5. The molecule has 1 aromatic rings. The topological polar surface area (TPSA) is 75.4 Å². The fourth-order valence-electron chi connectivity index (χ4n) is 2.36. The van der Waals surface area contributed by atoms with Crippen LogP contribution >= 0.6 is 0 Å². The maximum absolute atomic E-state index is 11.7. The number of nitrogens with zero attached hydrogens (tertiary/aromatic N) is 1. The standard InChI is InChI=1S/C16H23N3O2/c1-11(2)13-5-3-12(4-6-13)9-19(14-7-8-14)10-15(20)18-16(17)21/h3-6,11,14H,7-10H2,1-2H3,(H3,17,18,20,21).